The molecular weight excluding hydrogens is 182 g/mol. The highest BCUT2D eigenvalue weighted by molar-refractivity contribution is 7.11. The van der Waals surface area contributed by atoms with Crippen LogP contribution < -0.4 is 4.98 Å². The first kappa shape index (κ1) is 9.54. The van der Waals surface area contributed by atoms with E-state index in [-0.39, 0.29) is 0 Å². The molecule has 0 fully saturated rings. The molecule has 1 N–H and O–H groups in total. The molecule has 0 amide bonds. The molecule has 0 unspecified atom stereocenters. The lowest BCUT2D eigenvalue weighted by Gasteiger charge is -2.20. The number of hydrogen-bond donors (Lipinski definition) is 1. The second-order valence-corrected chi connectivity index (χ2v) is 9.53. The Morgan fingerprint density at radius 2 is 2.17 bits per heavy atom. The van der Waals surface area contributed by atoms with Gasteiger partial charge in [-0.25, -0.2) is 0 Å². The topological polar surface area (TPSA) is 12.0 Å². The zero-order valence-corrected chi connectivity index (χ0v) is 9.66. The molecule has 1 aromatic rings. The van der Waals surface area contributed by atoms with Crippen molar-refractivity contribution < 1.29 is 0 Å². The van der Waals surface area contributed by atoms with Crippen LogP contribution in [0.4, 0.5) is 0 Å². The van der Waals surface area contributed by atoms with E-state index in [1.165, 1.54) is 4.88 Å². The van der Waals surface area contributed by atoms with Gasteiger partial charge < -0.3 is 4.98 Å². The number of thiophene rings is 1. The average molecular weight is 197 g/mol. The molecule has 0 saturated carbocycles. The molecule has 0 aromatic carbocycles. The molecule has 0 atom stereocenters. The van der Waals surface area contributed by atoms with Gasteiger partial charge in [0.1, 0.15) is 8.24 Å². The van der Waals surface area contributed by atoms with Crippen molar-refractivity contribution in [2.24, 2.45) is 0 Å². The Labute approximate surface area is 79.2 Å². The first-order valence-electron chi connectivity index (χ1n) is 4.00. The van der Waals surface area contributed by atoms with Crippen LogP contribution in [-0.2, 0) is 0 Å². The summed E-state index contributed by atoms with van der Waals surface area (Å²) in [6.07, 6.45) is 0. The van der Waals surface area contributed by atoms with Crippen molar-refractivity contribution in [3.8, 4) is 0 Å². The Morgan fingerprint density at radius 3 is 2.58 bits per heavy atom. The summed E-state index contributed by atoms with van der Waals surface area (Å²) in [5, 5.41) is 2.08. The zero-order chi connectivity index (χ0) is 9.19. The zero-order valence-electron chi connectivity index (χ0n) is 7.85. The number of hydrogen-bond acceptors (Lipinski definition) is 2. The molecule has 1 rings (SSSR count). The van der Waals surface area contributed by atoms with Crippen molar-refractivity contribution in [2.45, 2.75) is 19.6 Å². The van der Waals surface area contributed by atoms with Gasteiger partial charge in [-0.3, -0.25) is 0 Å². The minimum Gasteiger partial charge on any atom is -0.410 e. The third kappa shape index (κ3) is 2.83. The second kappa shape index (κ2) is 3.45. The van der Waals surface area contributed by atoms with E-state index in [4.69, 9.17) is 0 Å². The monoisotopic (exact) mass is 197 g/mol. The highest BCUT2D eigenvalue weighted by Gasteiger charge is 2.14. The first-order chi connectivity index (χ1) is 5.49. The van der Waals surface area contributed by atoms with Crippen molar-refractivity contribution in [3.63, 3.8) is 0 Å². The van der Waals surface area contributed by atoms with Gasteiger partial charge in [0.15, 0.2) is 0 Å². The van der Waals surface area contributed by atoms with E-state index in [0.29, 0.717) is 0 Å². The lowest BCUT2D eigenvalue weighted by molar-refractivity contribution is 1.29. The van der Waals surface area contributed by atoms with Gasteiger partial charge in [-0.2, -0.15) is 0 Å². The first-order valence-corrected chi connectivity index (χ1v) is 8.38. The summed E-state index contributed by atoms with van der Waals surface area (Å²) in [4.78, 5) is 4.72. The van der Waals surface area contributed by atoms with E-state index in [0.717, 1.165) is 5.70 Å². The van der Waals surface area contributed by atoms with Crippen LogP contribution in [0.1, 0.15) is 4.88 Å². The van der Waals surface area contributed by atoms with Gasteiger partial charge in [0.25, 0.3) is 0 Å². The fourth-order valence-corrected chi connectivity index (χ4v) is 2.75. The van der Waals surface area contributed by atoms with Crippen LogP contribution in [0.15, 0.2) is 24.1 Å². The molecule has 0 bridgehead atoms. The van der Waals surface area contributed by atoms with Crippen LogP contribution >= 0.6 is 11.3 Å². The Kier molecular flexibility index (Phi) is 2.75. The lowest BCUT2D eigenvalue weighted by Crippen LogP contribution is -2.39. The molecule has 0 spiro atoms. The standard InChI is InChI=1S/C9H15NSSi/c1-8(10-12(2,3)4)9-6-5-7-11-9/h5-7,10H,1H2,2-4H3. The molecule has 12 heavy (non-hydrogen) atoms. The van der Waals surface area contributed by atoms with E-state index in [1.54, 1.807) is 11.3 Å². The Morgan fingerprint density at radius 1 is 1.50 bits per heavy atom. The second-order valence-electron chi connectivity index (χ2n) is 3.83. The number of rotatable bonds is 3. The molecule has 0 aliphatic rings. The quantitative estimate of drug-likeness (QED) is 0.734. The molecule has 0 saturated heterocycles. The van der Waals surface area contributed by atoms with Gasteiger partial charge in [-0.1, -0.05) is 32.3 Å². The van der Waals surface area contributed by atoms with Gasteiger partial charge >= 0.3 is 0 Å². The van der Waals surface area contributed by atoms with Crippen LogP contribution in [0.5, 0.6) is 0 Å². The van der Waals surface area contributed by atoms with Gasteiger partial charge in [-0.15, -0.1) is 11.3 Å². The van der Waals surface area contributed by atoms with Crippen LogP contribution in [0.25, 0.3) is 5.70 Å². The summed E-state index contributed by atoms with van der Waals surface area (Å²) >= 11 is 1.73. The van der Waals surface area contributed by atoms with Crippen LogP contribution in [0.3, 0.4) is 0 Å². The van der Waals surface area contributed by atoms with Gasteiger partial charge in [0, 0.05) is 10.6 Å². The van der Waals surface area contributed by atoms with Crippen molar-refractivity contribution in [1.29, 1.82) is 0 Å². The third-order valence-electron chi connectivity index (χ3n) is 1.34. The van der Waals surface area contributed by atoms with Crippen molar-refractivity contribution in [3.05, 3.63) is 29.0 Å². The van der Waals surface area contributed by atoms with Crippen molar-refractivity contribution in [1.82, 2.24) is 4.98 Å². The van der Waals surface area contributed by atoms with E-state index < -0.39 is 8.24 Å². The number of nitrogens with one attached hydrogen (secondary N) is 1. The van der Waals surface area contributed by atoms with Gasteiger partial charge in [-0.05, 0) is 11.4 Å². The summed E-state index contributed by atoms with van der Waals surface area (Å²) in [6, 6.07) is 4.15. The minimum absolute atomic E-state index is 1.07. The fraction of sp³-hybridized carbons (Fsp3) is 0.333. The molecule has 0 aliphatic heterocycles. The minimum atomic E-state index is -1.22. The van der Waals surface area contributed by atoms with Gasteiger partial charge in [0.05, 0.1) is 0 Å². The molecule has 0 radical (unpaired) electrons. The third-order valence-corrected chi connectivity index (χ3v) is 3.33. The fourth-order valence-electron chi connectivity index (χ4n) is 0.965. The van der Waals surface area contributed by atoms with E-state index in [2.05, 4.69) is 48.7 Å². The Hall–Kier alpha value is -0.543. The maximum atomic E-state index is 4.02. The largest absolute Gasteiger partial charge is 0.410 e. The predicted octanol–water partition coefficient (Wildman–Crippen LogP) is 3.14. The van der Waals surface area contributed by atoms with Crippen molar-refractivity contribution in [2.75, 3.05) is 0 Å². The molecular formula is C9H15NSSi. The van der Waals surface area contributed by atoms with E-state index in [9.17, 15) is 0 Å². The maximum absolute atomic E-state index is 4.02. The molecule has 1 nitrogen and oxygen atoms in total. The summed E-state index contributed by atoms with van der Waals surface area (Å²) in [5.41, 5.74) is 1.07. The van der Waals surface area contributed by atoms with Crippen molar-refractivity contribution >= 4 is 25.3 Å². The average Bonchev–Trinajstić information content (AvgIpc) is 2.32. The predicted molar refractivity (Wildman–Crippen MR) is 59.8 cm³/mol. The Balaban J connectivity index is 2.63. The van der Waals surface area contributed by atoms with Crippen LogP contribution in [-0.4, -0.2) is 8.24 Å². The lowest BCUT2D eigenvalue weighted by atomic mass is 10.4. The van der Waals surface area contributed by atoms with E-state index >= 15 is 0 Å². The maximum Gasteiger partial charge on any atom is 0.144 e. The highest BCUT2D eigenvalue weighted by Crippen LogP contribution is 2.17. The molecule has 3 heteroatoms. The molecule has 0 aliphatic carbocycles. The molecule has 1 heterocycles. The highest BCUT2D eigenvalue weighted by atomic mass is 32.1. The summed E-state index contributed by atoms with van der Waals surface area (Å²) in [6.45, 7) is 10.8. The Bertz CT molecular complexity index is 259. The van der Waals surface area contributed by atoms with Gasteiger partial charge in [0.2, 0.25) is 0 Å². The SMILES string of the molecule is C=C(N[Si](C)(C)C)c1cccs1. The van der Waals surface area contributed by atoms with Crippen LogP contribution in [0, 0.1) is 0 Å². The summed E-state index contributed by atoms with van der Waals surface area (Å²) in [7, 11) is -1.22. The van der Waals surface area contributed by atoms with Crippen LogP contribution in [0.2, 0.25) is 19.6 Å². The molecule has 1 aromatic heterocycles. The molecule has 66 valence electrons. The summed E-state index contributed by atoms with van der Waals surface area (Å²) in [5.74, 6) is 0. The smallest absolute Gasteiger partial charge is 0.144 e. The normalized spacial score (nSPS) is 11.2. The van der Waals surface area contributed by atoms with E-state index in [1.807, 2.05) is 0 Å². The summed E-state index contributed by atoms with van der Waals surface area (Å²) < 4.78 is 0.